The molecule has 2 aromatic carbocycles. The summed E-state index contributed by atoms with van der Waals surface area (Å²) in [5.41, 5.74) is 1.79. The number of ether oxygens (including phenoxy) is 1. The number of benzene rings is 2. The first-order valence-electron chi connectivity index (χ1n) is 7.70. The van der Waals surface area contributed by atoms with Crippen molar-refractivity contribution in [3.8, 4) is 0 Å². The second-order valence-corrected chi connectivity index (χ2v) is 6.36. The number of para-hydroxylation sites is 2. The third-order valence-electron chi connectivity index (χ3n) is 3.47. The number of nitrogens with zero attached hydrogens (tertiary/aromatic N) is 1. The smallest absolute Gasteiger partial charge is 0.253 e. The van der Waals surface area contributed by atoms with E-state index in [2.05, 4.69) is 15.6 Å². The van der Waals surface area contributed by atoms with Gasteiger partial charge in [-0.1, -0.05) is 24.3 Å². The van der Waals surface area contributed by atoms with Gasteiger partial charge in [0.15, 0.2) is 0 Å². The van der Waals surface area contributed by atoms with Gasteiger partial charge >= 0.3 is 0 Å². The first kappa shape index (κ1) is 17.1. The molecule has 25 heavy (non-hydrogen) atoms. The minimum atomic E-state index is -0.322. The van der Waals surface area contributed by atoms with Gasteiger partial charge in [-0.15, -0.1) is 11.3 Å². The molecule has 0 fully saturated rings. The van der Waals surface area contributed by atoms with E-state index in [9.17, 15) is 9.59 Å². The summed E-state index contributed by atoms with van der Waals surface area (Å²) in [6.45, 7) is 0.155. The molecule has 0 bridgehead atoms. The highest BCUT2D eigenvalue weighted by atomic mass is 32.1. The normalized spacial score (nSPS) is 10.6. The van der Waals surface area contributed by atoms with Gasteiger partial charge < -0.3 is 15.4 Å². The van der Waals surface area contributed by atoms with Crippen molar-refractivity contribution in [1.82, 2.24) is 10.3 Å². The number of carbonyl (C=O) groups is 2. The zero-order valence-electron chi connectivity index (χ0n) is 13.6. The van der Waals surface area contributed by atoms with E-state index in [1.165, 1.54) is 0 Å². The maximum atomic E-state index is 12.1. The Balaban J connectivity index is 1.56. The van der Waals surface area contributed by atoms with E-state index in [1.54, 1.807) is 42.6 Å². The number of hydrogen-bond acceptors (Lipinski definition) is 5. The van der Waals surface area contributed by atoms with Crippen molar-refractivity contribution in [1.29, 1.82) is 0 Å². The Hall–Kier alpha value is -2.77. The fourth-order valence-electron chi connectivity index (χ4n) is 2.32. The number of nitrogens with one attached hydrogen (secondary N) is 2. The molecule has 0 atom stereocenters. The van der Waals surface area contributed by atoms with Gasteiger partial charge in [0.05, 0.1) is 28.1 Å². The predicted molar refractivity (Wildman–Crippen MR) is 97.7 cm³/mol. The average Bonchev–Trinajstić information content (AvgIpc) is 3.04. The highest BCUT2D eigenvalue weighted by Gasteiger charge is 2.12. The monoisotopic (exact) mass is 355 g/mol. The Morgan fingerprint density at radius 1 is 1.12 bits per heavy atom. The third-order valence-corrected chi connectivity index (χ3v) is 4.48. The maximum Gasteiger partial charge on any atom is 0.253 e. The Labute approximate surface area is 148 Å². The molecule has 7 heteroatoms. The lowest BCUT2D eigenvalue weighted by Crippen LogP contribution is -2.23. The van der Waals surface area contributed by atoms with E-state index >= 15 is 0 Å². The number of hydrogen-bond donors (Lipinski definition) is 2. The largest absolute Gasteiger partial charge is 0.364 e. The van der Waals surface area contributed by atoms with Crippen LogP contribution in [-0.4, -0.2) is 30.5 Å². The Bertz CT molecular complexity index is 874. The van der Waals surface area contributed by atoms with Crippen molar-refractivity contribution in [2.45, 2.75) is 6.61 Å². The highest BCUT2D eigenvalue weighted by Crippen LogP contribution is 2.22. The van der Waals surface area contributed by atoms with Crippen LogP contribution in [0.25, 0.3) is 10.2 Å². The van der Waals surface area contributed by atoms with E-state index in [1.807, 2.05) is 24.3 Å². The minimum Gasteiger partial charge on any atom is -0.364 e. The molecule has 0 spiro atoms. The second-order valence-electron chi connectivity index (χ2n) is 5.24. The summed E-state index contributed by atoms with van der Waals surface area (Å²) < 4.78 is 6.53. The van der Waals surface area contributed by atoms with Crippen molar-refractivity contribution in [3.63, 3.8) is 0 Å². The Kier molecular flexibility index (Phi) is 5.37. The molecule has 0 saturated heterocycles. The number of carbonyl (C=O) groups excluding carboxylic acids is 2. The van der Waals surface area contributed by atoms with Gasteiger partial charge in [0.25, 0.3) is 5.91 Å². The first-order valence-corrected chi connectivity index (χ1v) is 8.52. The van der Waals surface area contributed by atoms with E-state index in [0.717, 1.165) is 15.2 Å². The molecular formula is C18H17N3O3S. The van der Waals surface area contributed by atoms with Gasteiger partial charge in [-0.2, -0.15) is 0 Å². The molecule has 0 aliphatic rings. The molecule has 0 unspecified atom stereocenters. The van der Waals surface area contributed by atoms with Crippen LogP contribution in [0.15, 0.2) is 48.5 Å². The molecular weight excluding hydrogens is 338 g/mol. The lowest BCUT2D eigenvalue weighted by atomic mass is 10.1. The third kappa shape index (κ3) is 4.20. The average molecular weight is 355 g/mol. The van der Waals surface area contributed by atoms with Gasteiger partial charge in [-0.3, -0.25) is 9.59 Å². The van der Waals surface area contributed by atoms with Crippen LogP contribution in [-0.2, 0) is 16.1 Å². The van der Waals surface area contributed by atoms with Crippen LogP contribution in [0.2, 0.25) is 0 Å². The number of fused-ring (bicyclic) bond motifs is 1. The molecule has 0 radical (unpaired) electrons. The molecule has 3 rings (SSSR count). The predicted octanol–water partition coefficient (Wildman–Crippen LogP) is 2.81. The van der Waals surface area contributed by atoms with Crippen molar-refractivity contribution in [2.75, 3.05) is 19.0 Å². The van der Waals surface area contributed by atoms with Crippen LogP contribution < -0.4 is 10.6 Å². The fraction of sp³-hybridized carbons (Fsp3) is 0.167. The topological polar surface area (TPSA) is 80.3 Å². The summed E-state index contributed by atoms with van der Waals surface area (Å²) in [6, 6.07) is 14.7. The molecule has 1 aromatic heterocycles. The van der Waals surface area contributed by atoms with Crippen LogP contribution in [0.3, 0.4) is 0 Å². The molecule has 2 amide bonds. The summed E-state index contributed by atoms with van der Waals surface area (Å²) in [4.78, 5) is 28.3. The first-order chi connectivity index (χ1) is 12.2. The molecule has 6 nitrogen and oxygen atoms in total. The van der Waals surface area contributed by atoms with Gasteiger partial charge in [0, 0.05) is 7.05 Å². The minimum absolute atomic E-state index is 0.113. The van der Waals surface area contributed by atoms with Crippen molar-refractivity contribution in [3.05, 3.63) is 59.1 Å². The zero-order chi connectivity index (χ0) is 17.6. The van der Waals surface area contributed by atoms with E-state index < -0.39 is 0 Å². The summed E-state index contributed by atoms with van der Waals surface area (Å²) in [5, 5.41) is 6.06. The van der Waals surface area contributed by atoms with E-state index in [0.29, 0.717) is 11.3 Å². The molecule has 1 heterocycles. The van der Waals surface area contributed by atoms with Crippen LogP contribution in [0.4, 0.5) is 5.69 Å². The van der Waals surface area contributed by atoms with E-state index in [4.69, 9.17) is 4.74 Å². The quantitative estimate of drug-likeness (QED) is 0.712. The molecule has 3 aromatic rings. The van der Waals surface area contributed by atoms with Gasteiger partial charge in [0.1, 0.15) is 11.6 Å². The maximum absolute atomic E-state index is 12.1. The Morgan fingerprint density at radius 3 is 2.68 bits per heavy atom. The van der Waals surface area contributed by atoms with E-state index in [-0.39, 0.29) is 25.0 Å². The van der Waals surface area contributed by atoms with Crippen LogP contribution >= 0.6 is 11.3 Å². The number of amides is 2. The van der Waals surface area contributed by atoms with Gasteiger partial charge in [0.2, 0.25) is 5.91 Å². The summed E-state index contributed by atoms with van der Waals surface area (Å²) >= 11 is 1.54. The van der Waals surface area contributed by atoms with Crippen molar-refractivity contribution >= 4 is 39.1 Å². The highest BCUT2D eigenvalue weighted by molar-refractivity contribution is 7.18. The van der Waals surface area contributed by atoms with Crippen molar-refractivity contribution < 1.29 is 14.3 Å². The lowest BCUT2D eigenvalue weighted by Gasteiger charge is -2.10. The SMILES string of the molecule is CNC(=O)c1ccccc1NC(=O)COCc1nc2ccccc2s1. The summed E-state index contributed by atoms with van der Waals surface area (Å²) in [5.74, 6) is -0.580. The Morgan fingerprint density at radius 2 is 1.88 bits per heavy atom. The summed E-state index contributed by atoms with van der Waals surface area (Å²) in [7, 11) is 1.54. The molecule has 0 aliphatic heterocycles. The molecule has 128 valence electrons. The van der Waals surface area contributed by atoms with Crippen LogP contribution in [0.1, 0.15) is 15.4 Å². The zero-order valence-corrected chi connectivity index (χ0v) is 14.4. The van der Waals surface area contributed by atoms with Crippen molar-refractivity contribution in [2.24, 2.45) is 0 Å². The number of anilines is 1. The molecule has 0 saturated carbocycles. The van der Waals surface area contributed by atoms with Crippen LogP contribution in [0.5, 0.6) is 0 Å². The second kappa shape index (κ2) is 7.87. The van der Waals surface area contributed by atoms with Gasteiger partial charge in [-0.25, -0.2) is 4.98 Å². The summed E-state index contributed by atoms with van der Waals surface area (Å²) in [6.07, 6.45) is 0. The fourth-order valence-corrected chi connectivity index (χ4v) is 3.23. The lowest BCUT2D eigenvalue weighted by molar-refractivity contribution is -0.121. The molecule has 2 N–H and O–H groups in total. The number of thiazole rings is 1. The molecule has 0 aliphatic carbocycles. The van der Waals surface area contributed by atoms with Gasteiger partial charge in [-0.05, 0) is 24.3 Å². The number of aromatic nitrogens is 1. The van der Waals surface area contributed by atoms with Crippen LogP contribution in [0, 0.1) is 0 Å². The standard InChI is InChI=1S/C18H17N3O3S/c1-19-18(23)12-6-2-3-7-13(12)20-16(22)10-24-11-17-21-14-8-4-5-9-15(14)25-17/h2-9H,10-11H2,1H3,(H,19,23)(H,20,22). The number of rotatable bonds is 6.